The number of piperazine rings is 1. The molecule has 3 N–H and O–H groups in total. The number of anilines is 2. The van der Waals surface area contributed by atoms with Crippen molar-refractivity contribution in [2.75, 3.05) is 56.6 Å². The van der Waals surface area contributed by atoms with Crippen LogP contribution in [0.4, 0.5) is 24.1 Å². The molecule has 4 aromatic rings. The summed E-state index contributed by atoms with van der Waals surface area (Å²) in [5.74, 6) is -0.690. The molecule has 0 saturated carbocycles. The van der Waals surface area contributed by atoms with Gasteiger partial charge in [-0.2, -0.15) is 9.97 Å². The minimum absolute atomic E-state index is 0.0142. The fraction of sp³-hybridized carbons (Fsp3) is 0.483. The van der Waals surface area contributed by atoms with Gasteiger partial charge in [0.1, 0.15) is 29.9 Å². The number of hydrogen-bond acceptors (Lipinski definition) is 10. The predicted molar refractivity (Wildman–Crippen MR) is 160 cm³/mol. The fourth-order valence-corrected chi connectivity index (χ4v) is 8.38. The number of fused-ring (bicyclic) bond motifs is 5. The van der Waals surface area contributed by atoms with Crippen LogP contribution in [-0.4, -0.2) is 89.6 Å². The van der Waals surface area contributed by atoms with Gasteiger partial charge in [-0.15, -0.1) is 0 Å². The van der Waals surface area contributed by atoms with E-state index in [1.165, 1.54) is 12.1 Å². The summed E-state index contributed by atoms with van der Waals surface area (Å²) < 4.78 is 57.9. The van der Waals surface area contributed by atoms with Crippen LogP contribution in [0.25, 0.3) is 32.2 Å². The number of hydrogen-bond donors (Lipinski definition) is 2. The van der Waals surface area contributed by atoms with Crippen LogP contribution in [-0.2, 0) is 4.74 Å². The van der Waals surface area contributed by atoms with Crippen LogP contribution in [0.3, 0.4) is 0 Å². The molecule has 2 unspecified atom stereocenters. The fourth-order valence-electron chi connectivity index (χ4n) is 7.33. The van der Waals surface area contributed by atoms with E-state index in [-0.39, 0.29) is 56.2 Å². The van der Waals surface area contributed by atoms with Gasteiger partial charge in [0.2, 0.25) is 0 Å². The smallest absolute Gasteiger partial charge is 0.319 e. The van der Waals surface area contributed by atoms with E-state index in [4.69, 9.17) is 31.8 Å². The second kappa shape index (κ2) is 10.3. The van der Waals surface area contributed by atoms with Crippen molar-refractivity contribution in [1.29, 1.82) is 0 Å². The molecule has 0 aliphatic carbocycles. The molecule has 8 rings (SSSR count). The van der Waals surface area contributed by atoms with Crippen molar-refractivity contribution >= 4 is 55.0 Å². The Morgan fingerprint density at radius 1 is 1.14 bits per heavy atom. The summed E-state index contributed by atoms with van der Waals surface area (Å²) in [5.41, 5.74) is 6.08. The van der Waals surface area contributed by atoms with Crippen molar-refractivity contribution in [3.05, 3.63) is 34.9 Å². The Kier molecular flexibility index (Phi) is 6.60. The summed E-state index contributed by atoms with van der Waals surface area (Å²) in [4.78, 5) is 17.9. The van der Waals surface area contributed by atoms with Crippen molar-refractivity contribution in [1.82, 2.24) is 25.2 Å². The first-order valence-electron chi connectivity index (χ1n) is 14.4. The highest BCUT2D eigenvalue weighted by atomic mass is 35.5. The number of benzene rings is 2. The van der Waals surface area contributed by atoms with E-state index in [0.717, 1.165) is 30.7 Å². The highest BCUT2D eigenvalue weighted by molar-refractivity contribution is 7.22. The van der Waals surface area contributed by atoms with Crippen LogP contribution >= 0.6 is 22.9 Å². The van der Waals surface area contributed by atoms with Crippen LogP contribution in [0.1, 0.15) is 19.3 Å². The Balaban J connectivity index is 1.26. The predicted octanol–water partition coefficient (Wildman–Crippen LogP) is 4.55. The molecular formula is C29H29ClF3N7O2S. The zero-order chi connectivity index (χ0) is 29.5. The first-order valence-corrected chi connectivity index (χ1v) is 15.6. The Bertz CT molecular complexity index is 1750. The Morgan fingerprint density at radius 2 is 1.95 bits per heavy atom. The van der Waals surface area contributed by atoms with Crippen molar-refractivity contribution in [2.45, 2.75) is 43.1 Å². The van der Waals surface area contributed by atoms with Gasteiger partial charge in [-0.1, -0.05) is 22.9 Å². The summed E-state index contributed by atoms with van der Waals surface area (Å²) >= 11 is 7.78. The van der Waals surface area contributed by atoms with Crippen LogP contribution in [0, 0.1) is 11.6 Å². The van der Waals surface area contributed by atoms with Gasteiger partial charge in [0.05, 0.1) is 34.0 Å². The third kappa shape index (κ3) is 4.59. The molecule has 43 heavy (non-hydrogen) atoms. The monoisotopic (exact) mass is 631 g/mol. The molecule has 0 radical (unpaired) electrons. The van der Waals surface area contributed by atoms with Crippen molar-refractivity contribution in [2.24, 2.45) is 0 Å². The van der Waals surface area contributed by atoms with Gasteiger partial charge in [0.15, 0.2) is 10.9 Å². The summed E-state index contributed by atoms with van der Waals surface area (Å²) in [6.45, 7) is 3.70. The van der Waals surface area contributed by atoms with Crippen molar-refractivity contribution in [3.8, 4) is 17.1 Å². The number of morpholine rings is 1. The second-order valence-electron chi connectivity index (χ2n) is 12.0. The molecule has 4 fully saturated rings. The van der Waals surface area contributed by atoms with Gasteiger partial charge >= 0.3 is 6.01 Å². The summed E-state index contributed by atoms with van der Waals surface area (Å²) in [6.07, 6.45) is 1.27. The third-order valence-corrected chi connectivity index (χ3v) is 10.3. The number of rotatable bonds is 5. The number of ether oxygens (including phenoxy) is 2. The van der Waals surface area contributed by atoms with E-state index in [0.29, 0.717) is 56.0 Å². The number of aromatic nitrogens is 3. The molecule has 6 heterocycles. The number of nitrogens with zero attached hydrogens (tertiary/aromatic N) is 5. The molecule has 4 aliphatic heterocycles. The van der Waals surface area contributed by atoms with Gasteiger partial charge in [0, 0.05) is 54.7 Å². The molecule has 0 spiro atoms. The molecular weight excluding hydrogens is 603 g/mol. The third-order valence-electron chi connectivity index (χ3n) is 9.15. The zero-order valence-corrected chi connectivity index (χ0v) is 24.7. The highest BCUT2D eigenvalue weighted by Gasteiger charge is 2.49. The van der Waals surface area contributed by atoms with E-state index < -0.39 is 23.3 Å². The van der Waals surface area contributed by atoms with Gasteiger partial charge in [-0.25, -0.2) is 18.2 Å². The average Bonchev–Trinajstić information content (AvgIpc) is 3.64. The minimum Gasteiger partial charge on any atom is -0.461 e. The number of nitrogens with one attached hydrogen (secondary N) is 1. The number of nitrogen functional groups attached to an aromatic ring is 1. The van der Waals surface area contributed by atoms with E-state index in [9.17, 15) is 8.78 Å². The Hall–Kier alpha value is -2.97. The van der Waals surface area contributed by atoms with E-state index in [1.807, 2.05) is 0 Å². The van der Waals surface area contributed by atoms with Crippen LogP contribution in [0.2, 0.25) is 5.02 Å². The maximum absolute atomic E-state index is 16.7. The largest absolute Gasteiger partial charge is 0.461 e. The lowest BCUT2D eigenvalue weighted by Crippen LogP contribution is -2.63. The molecule has 9 nitrogen and oxygen atoms in total. The Morgan fingerprint density at radius 3 is 2.77 bits per heavy atom. The SMILES string of the molecule is Nc1nc2c(-c3c(Cl)cc4c(N5CC6COCC(C5)N6)nc(OC[C@@]56CCCN5C[C@H](F)C6)nc4c3F)ccc(F)c2s1. The zero-order valence-electron chi connectivity index (χ0n) is 23.1. The molecule has 0 amide bonds. The lowest BCUT2D eigenvalue weighted by atomic mass is 9.95. The standard InChI is InChI=1S/C29H29ClF3N7O2S/c30-19-6-18-23(22(33)21(19)17-2-3-20(32)25-24(17)36-27(34)43-25)37-28(42-13-29-4-1-5-40(29)8-14(31)7-29)38-26(18)39-9-15-11-41-12-16(10-39)35-15/h2-3,6,14-16,35H,1,4-5,7-13H2,(H2,34,36)/t14-,15?,16?,29+/m1/s1. The first kappa shape index (κ1) is 27.6. The maximum atomic E-state index is 16.7. The van der Waals surface area contributed by atoms with Crippen LogP contribution in [0.5, 0.6) is 6.01 Å². The van der Waals surface area contributed by atoms with Gasteiger partial charge in [-0.05, 0) is 37.6 Å². The highest BCUT2D eigenvalue weighted by Crippen LogP contribution is 2.44. The molecule has 4 atom stereocenters. The van der Waals surface area contributed by atoms with E-state index in [1.54, 1.807) is 6.07 Å². The molecule has 2 bridgehead atoms. The molecule has 2 aromatic carbocycles. The quantitative estimate of drug-likeness (QED) is 0.328. The Labute approximate surface area is 254 Å². The molecule has 4 aliphatic rings. The summed E-state index contributed by atoms with van der Waals surface area (Å²) in [5, 5.41) is 4.26. The molecule has 2 aromatic heterocycles. The molecule has 14 heteroatoms. The number of thiazole rings is 1. The lowest BCUT2D eigenvalue weighted by Gasteiger charge is -2.43. The average molecular weight is 632 g/mol. The van der Waals surface area contributed by atoms with Crippen LogP contribution in [0.15, 0.2) is 18.2 Å². The van der Waals surface area contributed by atoms with E-state index in [2.05, 4.69) is 25.1 Å². The topological polar surface area (TPSA) is 102 Å². The van der Waals surface area contributed by atoms with Crippen molar-refractivity contribution < 1.29 is 22.6 Å². The minimum atomic E-state index is -0.908. The molecule has 4 saturated heterocycles. The summed E-state index contributed by atoms with van der Waals surface area (Å²) in [6, 6.07) is 4.52. The number of alkyl halides is 1. The summed E-state index contributed by atoms with van der Waals surface area (Å²) in [7, 11) is 0. The molecule has 226 valence electrons. The normalized spacial score (nSPS) is 27.3. The van der Waals surface area contributed by atoms with Gasteiger partial charge in [-0.3, -0.25) is 4.90 Å². The van der Waals surface area contributed by atoms with Crippen molar-refractivity contribution in [3.63, 3.8) is 0 Å². The second-order valence-corrected chi connectivity index (χ2v) is 13.4. The lowest BCUT2D eigenvalue weighted by molar-refractivity contribution is 0.0374. The van der Waals surface area contributed by atoms with Crippen LogP contribution < -0.4 is 20.7 Å². The number of nitrogens with two attached hydrogens (primary N) is 1. The van der Waals surface area contributed by atoms with Gasteiger partial charge in [0.25, 0.3) is 0 Å². The van der Waals surface area contributed by atoms with E-state index >= 15 is 4.39 Å². The van der Waals surface area contributed by atoms with Gasteiger partial charge < -0.3 is 25.4 Å². The number of halogens is 4. The maximum Gasteiger partial charge on any atom is 0.319 e. The first-order chi connectivity index (χ1) is 20.8.